The molecule has 0 bridgehead atoms. The summed E-state index contributed by atoms with van der Waals surface area (Å²) in [6.45, 7) is 2.18. The van der Waals surface area contributed by atoms with Crippen molar-refractivity contribution in [1.29, 1.82) is 0 Å². The van der Waals surface area contributed by atoms with Crippen molar-refractivity contribution in [2.75, 3.05) is 7.05 Å². The first-order chi connectivity index (χ1) is 6.83. The van der Waals surface area contributed by atoms with Crippen LogP contribution in [0, 0.1) is 6.92 Å². The van der Waals surface area contributed by atoms with E-state index in [1.807, 2.05) is 18.4 Å². The molecule has 74 valence electrons. The molecule has 2 aromatic heterocycles. The van der Waals surface area contributed by atoms with Gasteiger partial charge in [0.15, 0.2) is 0 Å². The SMILES string of the molecule is CNC(c1cccs1)c1ccsc1C. The lowest BCUT2D eigenvalue weighted by molar-refractivity contribution is 0.703. The van der Waals surface area contributed by atoms with Crippen LogP contribution in [-0.4, -0.2) is 7.05 Å². The van der Waals surface area contributed by atoms with E-state index in [1.54, 1.807) is 11.3 Å². The van der Waals surface area contributed by atoms with Crippen molar-refractivity contribution in [2.24, 2.45) is 0 Å². The molecule has 2 aromatic rings. The van der Waals surface area contributed by atoms with Gasteiger partial charge in [-0.1, -0.05) is 6.07 Å². The lowest BCUT2D eigenvalue weighted by atomic mass is 10.1. The smallest absolute Gasteiger partial charge is 0.0679 e. The Balaban J connectivity index is 2.36. The first-order valence-electron chi connectivity index (χ1n) is 4.57. The van der Waals surface area contributed by atoms with Gasteiger partial charge in [-0.3, -0.25) is 0 Å². The van der Waals surface area contributed by atoms with Gasteiger partial charge in [-0.2, -0.15) is 0 Å². The van der Waals surface area contributed by atoms with Gasteiger partial charge in [-0.15, -0.1) is 22.7 Å². The highest BCUT2D eigenvalue weighted by Crippen LogP contribution is 2.30. The van der Waals surface area contributed by atoms with Crippen LogP contribution >= 0.6 is 22.7 Å². The minimum Gasteiger partial charge on any atom is -0.309 e. The van der Waals surface area contributed by atoms with Crippen LogP contribution in [0.25, 0.3) is 0 Å². The fourth-order valence-corrected chi connectivity index (χ4v) is 3.19. The molecule has 1 nitrogen and oxygen atoms in total. The van der Waals surface area contributed by atoms with Gasteiger partial charge in [0.1, 0.15) is 0 Å². The van der Waals surface area contributed by atoms with Crippen molar-refractivity contribution in [3.8, 4) is 0 Å². The van der Waals surface area contributed by atoms with Crippen molar-refractivity contribution in [3.63, 3.8) is 0 Å². The molecular weight excluding hydrogens is 210 g/mol. The molecule has 0 aliphatic carbocycles. The molecule has 1 atom stereocenters. The van der Waals surface area contributed by atoms with Gasteiger partial charge in [-0.05, 0) is 42.4 Å². The van der Waals surface area contributed by atoms with Gasteiger partial charge < -0.3 is 5.32 Å². The van der Waals surface area contributed by atoms with E-state index in [2.05, 4.69) is 41.2 Å². The normalized spacial score (nSPS) is 13.0. The van der Waals surface area contributed by atoms with Crippen LogP contribution in [0.5, 0.6) is 0 Å². The maximum absolute atomic E-state index is 3.36. The second-order valence-electron chi connectivity index (χ2n) is 3.17. The lowest BCUT2D eigenvalue weighted by Crippen LogP contribution is -2.16. The Bertz CT molecular complexity index is 389. The van der Waals surface area contributed by atoms with Crippen molar-refractivity contribution in [3.05, 3.63) is 44.3 Å². The average molecular weight is 223 g/mol. The van der Waals surface area contributed by atoms with Crippen molar-refractivity contribution >= 4 is 22.7 Å². The van der Waals surface area contributed by atoms with Crippen LogP contribution in [0.3, 0.4) is 0 Å². The van der Waals surface area contributed by atoms with Crippen molar-refractivity contribution in [2.45, 2.75) is 13.0 Å². The fourth-order valence-electron chi connectivity index (χ4n) is 1.60. The molecule has 0 saturated heterocycles. The van der Waals surface area contributed by atoms with Crippen LogP contribution in [0.4, 0.5) is 0 Å². The van der Waals surface area contributed by atoms with Crippen LogP contribution in [0.1, 0.15) is 21.4 Å². The summed E-state index contributed by atoms with van der Waals surface area (Å²) in [5.74, 6) is 0. The molecule has 2 heterocycles. The monoisotopic (exact) mass is 223 g/mol. The highest BCUT2D eigenvalue weighted by Gasteiger charge is 2.15. The van der Waals surface area contributed by atoms with E-state index in [-0.39, 0.29) is 0 Å². The first-order valence-corrected chi connectivity index (χ1v) is 6.33. The van der Waals surface area contributed by atoms with Gasteiger partial charge in [0.25, 0.3) is 0 Å². The van der Waals surface area contributed by atoms with Gasteiger partial charge in [0.05, 0.1) is 6.04 Å². The molecule has 0 radical (unpaired) electrons. The third-order valence-electron chi connectivity index (χ3n) is 2.33. The molecule has 0 aromatic carbocycles. The third-order valence-corrected chi connectivity index (χ3v) is 4.12. The number of thiophene rings is 2. The number of hydrogen-bond donors (Lipinski definition) is 1. The number of nitrogens with one attached hydrogen (secondary N) is 1. The Morgan fingerprint density at radius 2 is 2.07 bits per heavy atom. The zero-order valence-corrected chi connectivity index (χ0v) is 9.91. The summed E-state index contributed by atoms with van der Waals surface area (Å²) in [7, 11) is 2.02. The summed E-state index contributed by atoms with van der Waals surface area (Å²) in [4.78, 5) is 2.78. The minimum absolute atomic E-state index is 0.362. The largest absolute Gasteiger partial charge is 0.309 e. The molecule has 0 aliphatic heterocycles. The Morgan fingerprint density at radius 1 is 1.21 bits per heavy atom. The molecule has 2 rings (SSSR count). The second-order valence-corrected chi connectivity index (χ2v) is 5.27. The standard InChI is InChI=1S/C11H13NS2/c1-8-9(5-7-13-8)11(12-2)10-4-3-6-14-10/h3-7,11-12H,1-2H3. The van der Waals surface area contributed by atoms with Gasteiger partial charge in [0, 0.05) is 9.75 Å². The zero-order valence-electron chi connectivity index (χ0n) is 8.28. The summed E-state index contributed by atoms with van der Waals surface area (Å²) in [6.07, 6.45) is 0. The molecule has 1 N–H and O–H groups in total. The van der Waals surface area contributed by atoms with Gasteiger partial charge >= 0.3 is 0 Å². The molecule has 0 fully saturated rings. The highest BCUT2D eigenvalue weighted by atomic mass is 32.1. The fraction of sp³-hybridized carbons (Fsp3) is 0.273. The maximum atomic E-state index is 3.36. The van der Waals surface area contributed by atoms with Crippen LogP contribution in [0.15, 0.2) is 29.0 Å². The summed E-state index contributed by atoms with van der Waals surface area (Å²) in [5.41, 5.74) is 1.40. The molecule has 0 spiro atoms. The quantitative estimate of drug-likeness (QED) is 0.840. The number of rotatable bonds is 3. The average Bonchev–Trinajstić information content (AvgIpc) is 2.80. The van der Waals surface area contributed by atoms with Crippen LogP contribution in [-0.2, 0) is 0 Å². The Labute approximate surface area is 92.4 Å². The predicted octanol–water partition coefficient (Wildman–Crippen LogP) is 3.43. The molecule has 0 amide bonds. The highest BCUT2D eigenvalue weighted by molar-refractivity contribution is 7.10. The molecule has 0 saturated carbocycles. The Kier molecular flexibility index (Phi) is 3.01. The Hall–Kier alpha value is -0.640. The topological polar surface area (TPSA) is 12.0 Å². The van der Waals surface area contributed by atoms with Gasteiger partial charge in [0.2, 0.25) is 0 Å². The predicted molar refractivity (Wildman–Crippen MR) is 64.3 cm³/mol. The Morgan fingerprint density at radius 3 is 2.57 bits per heavy atom. The zero-order chi connectivity index (χ0) is 9.97. The van der Waals surface area contributed by atoms with Gasteiger partial charge in [-0.25, -0.2) is 0 Å². The van der Waals surface area contributed by atoms with Crippen molar-refractivity contribution < 1.29 is 0 Å². The van der Waals surface area contributed by atoms with E-state index in [1.165, 1.54) is 15.3 Å². The molecule has 3 heteroatoms. The van der Waals surface area contributed by atoms with E-state index in [0.717, 1.165) is 0 Å². The summed E-state index contributed by atoms with van der Waals surface area (Å²) >= 11 is 3.61. The van der Waals surface area contributed by atoms with Crippen LogP contribution in [0.2, 0.25) is 0 Å². The lowest BCUT2D eigenvalue weighted by Gasteiger charge is -2.14. The molecule has 1 unspecified atom stereocenters. The van der Waals surface area contributed by atoms with Crippen LogP contribution < -0.4 is 5.32 Å². The van der Waals surface area contributed by atoms with E-state index >= 15 is 0 Å². The van der Waals surface area contributed by atoms with Crippen molar-refractivity contribution in [1.82, 2.24) is 5.32 Å². The third kappa shape index (κ3) is 1.75. The second kappa shape index (κ2) is 4.26. The summed E-state index contributed by atoms with van der Waals surface area (Å²) in [6, 6.07) is 6.86. The molecule has 0 aliphatic rings. The number of hydrogen-bond acceptors (Lipinski definition) is 3. The first kappa shape index (κ1) is 9.90. The van der Waals surface area contributed by atoms with E-state index in [0.29, 0.717) is 6.04 Å². The molecular formula is C11H13NS2. The minimum atomic E-state index is 0.362. The van der Waals surface area contributed by atoms with E-state index in [4.69, 9.17) is 0 Å². The van der Waals surface area contributed by atoms with E-state index < -0.39 is 0 Å². The molecule has 14 heavy (non-hydrogen) atoms. The number of aryl methyl sites for hydroxylation is 1. The summed E-state index contributed by atoms with van der Waals surface area (Å²) < 4.78 is 0. The summed E-state index contributed by atoms with van der Waals surface area (Å²) in [5, 5.41) is 7.65. The maximum Gasteiger partial charge on any atom is 0.0679 e. The van der Waals surface area contributed by atoms with E-state index in [9.17, 15) is 0 Å².